The number of nitrogens with two attached hydrogens (primary N) is 1. The van der Waals surface area contributed by atoms with Crippen LogP contribution in [0.2, 0.25) is 0 Å². The summed E-state index contributed by atoms with van der Waals surface area (Å²) >= 11 is 0. The summed E-state index contributed by atoms with van der Waals surface area (Å²) in [5.74, 6) is 0. The van der Waals surface area contributed by atoms with Gasteiger partial charge in [0.1, 0.15) is 0 Å². The van der Waals surface area contributed by atoms with Crippen molar-refractivity contribution in [3.8, 4) is 0 Å². The van der Waals surface area contributed by atoms with Crippen LogP contribution in [0.4, 0.5) is 0 Å². The van der Waals surface area contributed by atoms with E-state index >= 15 is 0 Å². The standard InChI is InChI=1S/C10H24N2O/c1-10(2,3)9(11)8-12(4)6-7-13-5/h9H,6-8,11H2,1-5H3. The van der Waals surface area contributed by atoms with Gasteiger partial charge in [0.05, 0.1) is 6.61 Å². The SMILES string of the molecule is COCCN(C)CC(N)C(C)(C)C. The number of rotatable bonds is 5. The summed E-state index contributed by atoms with van der Waals surface area (Å²) in [4.78, 5) is 2.21. The van der Waals surface area contributed by atoms with E-state index in [0.29, 0.717) is 0 Å². The zero-order chi connectivity index (χ0) is 10.5. The van der Waals surface area contributed by atoms with Crippen molar-refractivity contribution in [3.05, 3.63) is 0 Å². The molecule has 0 aromatic carbocycles. The van der Waals surface area contributed by atoms with E-state index in [2.05, 4.69) is 32.7 Å². The van der Waals surface area contributed by atoms with E-state index in [1.165, 1.54) is 0 Å². The Balaban J connectivity index is 3.71. The molecule has 0 saturated heterocycles. The van der Waals surface area contributed by atoms with Gasteiger partial charge in [0, 0.05) is 26.2 Å². The van der Waals surface area contributed by atoms with E-state index in [1.54, 1.807) is 7.11 Å². The Morgan fingerprint density at radius 2 is 1.92 bits per heavy atom. The molecule has 0 aliphatic carbocycles. The zero-order valence-electron chi connectivity index (χ0n) is 9.63. The van der Waals surface area contributed by atoms with Crippen molar-refractivity contribution >= 4 is 0 Å². The third kappa shape index (κ3) is 6.02. The molecule has 3 nitrogen and oxygen atoms in total. The highest BCUT2D eigenvalue weighted by Gasteiger charge is 2.21. The van der Waals surface area contributed by atoms with Gasteiger partial charge >= 0.3 is 0 Å². The predicted octanol–water partition coefficient (Wildman–Crippen LogP) is 0.938. The first-order chi connectivity index (χ1) is 5.88. The average molecular weight is 188 g/mol. The van der Waals surface area contributed by atoms with Crippen LogP contribution < -0.4 is 5.73 Å². The number of hydrogen-bond donors (Lipinski definition) is 1. The lowest BCUT2D eigenvalue weighted by atomic mass is 9.87. The van der Waals surface area contributed by atoms with Crippen molar-refractivity contribution in [3.63, 3.8) is 0 Å². The minimum Gasteiger partial charge on any atom is -0.383 e. The van der Waals surface area contributed by atoms with Gasteiger partial charge in [-0.2, -0.15) is 0 Å². The van der Waals surface area contributed by atoms with Crippen LogP contribution >= 0.6 is 0 Å². The molecule has 80 valence electrons. The maximum atomic E-state index is 6.04. The lowest BCUT2D eigenvalue weighted by molar-refractivity contribution is 0.146. The van der Waals surface area contributed by atoms with Crippen molar-refractivity contribution in [1.82, 2.24) is 4.90 Å². The Morgan fingerprint density at radius 3 is 2.31 bits per heavy atom. The molecule has 0 fully saturated rings. The largest absolute Gasteiger partial charge is 0.383 e. The monoisotopic (exact) mass is 188 g/mol. The second kappa shape index (κ2) is 5.58. The molecule has 13 heavy (non-hydrogen) atoms. The molecule has 3 heteroatoms. The Hall–Kier alpha value is -0.120. The van der Waals surface area contributed by atoms with Crippen LogP contribution in [0.15, 0.2) is 0 Å². The lowest BCUT2D eigenvalue weighted by Gasteiger charge is -2.30. The first-order valence-electron chi connectivity index (χ1n) is 4.81. The predicted molar refractivity (Wildman–Crippen MR) is 56.8 cm³/mol. The molecule has 2 N–H and O–H groups in total. The third-order valence-corrected chi connectivity index (χ3v) is 2.30. The van der Waals surface area contributed by atoms with Gasteiger partial charge in [-0.1, -0.05) is 20.8 Å². The molecule has 0 heterocycles. The smallest absolute Gasteiger partial charge is 0.0589 e. The molecule has 0 amide bonds. The van der Waals surface area contributed by atoms with E-state index in [1.807, 2.05) is 0 Å². The molecule has 0 bridgehead atoms. The molecular weight excluding hydrogens is 164 g/mol. The topological polar surface area (TPSA) is 38.5 Å². The molecular formula is C10H24N2O. The molecule has 0 aromatic rings. The molecule has 0 spiro atoms. The quantitative estimate of drug-likeness (QED) is 0.698. The maximum absolute atomic E-state index is 6.04. The van der Waals surface area contributed by atoms with Gasteiger partial charge in [-0.3, -0.25) is 0 Å². The van der Waals surface area contributed by atoms with E-state index in [9.17, 15) is 0 Å². The van der Waals surface area contributed by atoms with Crippen molar-refractivity contribution in [2.24, 2.45) is 11.1 Å². The van der Waals surface area contributed by atoms with Gasteiger partial charge in [0.2, 0.25) is 0 Å². The Kier molecular flexibility index (Phi) is 5.53. The van der Waals surface area contributed by atoms with Crippen molar-refractivity contribution in [2.45, 2.75) is 26.8 Å². The number of methoxy groups -OCH3 is 1. The summed E-state index contributed by atoms with van der Waals surface area (Å²) in [5, 5.41) is 0. The van der Waals surface area contributed by atoms with Gasteiger partial charge in [-0.15, -0.1) is 0 Å². The molecule has 0 aromatic heterocycles. The Morgan fingerprint density at radius 1 is 1.38 bits per heavy atom. The van der Waals surface area contributed by atoms with Crippen molar-refractivity contribution in [2.75, 3.05) is 33.9 Å². The lowest BCUT2D eigenvalue weighted by Crippen LogP contribution is -2.44. The number of likely N-dealkylation sites (N-methyl/N-ethyl adjacent to an activating group) is 1. The fourth-order valence-electron chi connectivity index (χ4n) is 0.948. The minimum atomic E-state index is 0.182. The summed E-state index contributed by atoms with van der Waals surface area (Å²) in [6, 6.07) is 0.217. The zero-order valence-corrected chi connectivity index (χ0v) is 9.63. The molecule has 0 aliphatic heterocycles. The second-order valence-corrected chi connectivity index (χ2v) is 4.73. The van der Waals surface area contributed by atoms with Gasteiger partial charge < -0.3 is 15.4 Å². The first kappa shape index (κ1) is 12.9. The average Bonchev–Trinajstić information content (AvgIpc) is 1.99. The van der Waals surface area contributed by atoms with Gasteiger partial charge in [-0.05, 0) is 12.5 Å². The first-order valence-corrected chi connectivity index (χ1v) is 4.81. The molecule has 0 aliphatic rings. The Labute approximate surface area is 82.2 Å². The summed E-state index contributed by atoms with van der Waals surface area (Å²) in [5.41, 5.74) is 6.22. The van der Waals surface area contributed by atoms with Crippen molar-refractivity contribution < 1.29 is 4.74 Å². The Bertz CT molecular complexity index is 131. The summed E-state index contributed by atoms with van der Waals surface area (Å²) in [6.45, 7) is 9.14. The second-order valence-electron chi connectivity index (χ2n) is 4.73. The summed E-state index contributed by atoms with van der Waals surface area (Å²) < 4.78 is 5.00. The number of ether oxygens (including phenoxy) is 1. The van der Waals surface area contributed by atoms with Crippen LogP contribution in [0.1, 0.15) is 20.8 Å². The van der Waals surface area contributed by atoms with Gasteiger partial charge in [-0.25, -0.2) is 0 Å². The van der Waals surface area contributed by atoms with Crippen LogP contribution in [0.25, 0.3) is 0 Å². The summed E-state index contributed by atoms with van der Waals surface area (Å²) in [7, 11) is 3.79. The molecule has 0 saturated carbocycles. The van der Waals surface area contributed by atoms with E-state index < -0.39 is 0 Å². The van der Waals surface area contributed by atoms with Crippen molar-refractivity contribution in [1.29, 1.82) is 0 Å². The molecule has 0 rings (SSSR count). The normalized spacial score (nSPS) is 15.0. The molecule has 1 unspecified atom stereocenters. The van der Waals surface area contributed by atoms with Crippen LogP contribution in [-0.4, -0.2) is 44.8 Å². The van der Waals surface area contributed by atoms with Crippen LogP contribution in [0.5, 0.6) is 0 Å². The fraction of sp³-hybridized carbons (Fsp3) is 1.00. The number of hydrogen-bond acceptors (Lipinski definition) is 3. The van der Waals surface area contributed by atoms with E-state index in [-0.39, 0.29) is 11.5 Å². The van der Waals surface area contributed by atoms with Gasteiger partial charge in [0.25, 0.3) is 0 Å². The highest BCUT2D eigenvalue weighted by molar-refractivity contribution is 4.79. The van der Waals surface area contributed by atoms with E-state index in [0.717, 1.165) is 19.7 Å². The van der Waals surface area contributed by atoms with Crippen LogP contribution in [0.3, 0.4) is 0 Å². The third-order valence-electron chi connectivity index (χ3n) is 2.30. The summed E-state index contributed by atoms with van der Waals surface area (Å²) in [6.07, 6.45) is 0. The van der Waals surface area contributed by atoms with Crippen LogP contribution in [-0.2, 0) is 4.74 Å². The minimum absolute atomic E-state index is 0.182. The fourth-order valence-corrected chi connectivity index (χ4v) is 0.948. The highest BCUT2D eigenvalue weighted by Crippen LogP contribution is 2.17. The van der Waals surface area contributed by atoms with Gasteiger partial charge in [0.15, 0.2) is 0 Å². The highest BCUT2D eigenvalue weighted by atomic mass is 16.5. The maximum Gasteiger partial charge on any atom is 0.0589 e. The number of nitrogens with zero attached hydrogens (tertiary/aromatic N) is 1. The van der Waals surface area contributed by atoms with E-state index in [4.69, 9.17) is 10.5 Å². The molecule has 1 atom stereocenters. The van der Waals surface area contributed by atoms with Crippen LogP contribution in [0, 0.1) is 5.41 Å². The molecule has 0 radical (unpaired) electrons.